The van der Waals surface area contributed by atoms with E-state index in [0.29, 0.717) is 19.5 Å². The molecule has 4 heteroatoms. The lowest BCUT2D eigenvalue weighted by Gasteiger charge is -2.29. The fourth-order valence-corrected chi connectivity index (χ4v) is 2.31. The Hall–Kier alpha value is -1.86. The number of rotatable bonds is 3. The van der Waals surface area contributed by atoms with Gasteiger partial charge < -0.3 is 10.2 Å². The molecule has 0 fully saturated rings. The Morgan fingerprint density at radius 3 is 3.11 bits per heavy atom. The number of carbonyl (C=O) groups excluding carboxylic acids is 1. The van der Waals surface area contributed by atoms with E-state index in [-0.39, 0.29) is 11.8 Å². The van der Waals surface area contributed by atoms with Crippen LogP contribution in [-0.2, 0) is 11.3 Å². The molecule has 0 spiro atoms. The fraction of sp³-hybridized carbons (Fsp3) is 0.429. The van der Waals surface area contributed by atoms with Crippen molar-refractivity contribution in [2.45, 2.75) is 18.9 Å². The van der Waals surface area contributed by atoms with E-state index >= 15 is 0 Å². The topological polar surface area (TPSA) is 56.1 Å². The number of likely N-dealkylation sites (N-methyl/N-ethyl adjacent to an activating group) is 1. The van der Waals surface area contributed by atoms with Crippen molar-refractivity contribution >= 4 is 5.91 Å². The van der Waals surface area contributed by atoms with Gasteiger partial charge >= 0.3 is 0 Å². The molecule has 1 aliphatic rings. The van der Waals surface area contributed by atoms with E-state index in [2.05, 4.69) is 17.5 Å². The molecule has 1 aliphatic heterocycles. The standard InChI is InChI=1S/C14H17N3O/c1-17(8-4-7-15)14(18)13-10-16-9-11-5-2-3-6-12(11)13/h2-3,5-6,13,16H,4,8-10H2,1H3. The van der Waals surface area contributed by atoms with Gasteiger partial charge in [0.15, 0.2) is 0 Å². The number of carbonyl (C=O) groups is 1. The highest BCUT2D eigenvalue weighted by atomic mass is 16.2. The van der Waals surface area contributed by atoms with Crippen molar-refractivity contribution in [3.05, 3.63) is 35.4 Å². The maximum Gasteiger partial charge on any atom is 0.231 e. The first-order valence-corrected chi connectivity index (χ1v) is 6.14. The summed E-state index contributed by atoms with van der Waals surface area (Å²) < 4.78 is 0. The number of hydrogen-bond donors (Lipinski definition) is 1. The third-order valence-corrected chi connectivity index (χ3v) is 3.33. The third-order valence-electron chi connectivity index (χ3n) is 3.33. The predicted molar refractivity (Wildman–Crippen MR) is 68.8 cm³/mol. The van der Waals surface area contributed by atoms with E-state index in [9.17, 15) is 4.79 Å². The first-order chi connectivity index (χ1) is 8.74. The van der Waals surface area contributed by atoms with E-state index in [1.165, 1.54) is 5.56 Å². The van der Waals surface area contributed by atoms with Gasteiger partial charge in [0.05, 0.1) is 18.4 Å². The average molecular weight is 243 g/mol. The Kier molecular flexibility index (Phi) is 3.96. The van der Waals surface area contributed by atoms with Crippen molar-refractivity contribution in [3.63, 3.8) is 0 Å². The summed E-state index contributed by atoms with van der Waals surface area (Å²) in [7, 11) is 1.76. The summed E-state index contributed by atoms with van der Waals surface area (Å²) in [6.45, 7) is 1.99. The van der Waals surface area contributed by atoms with Crippen LogP contribution in [0.2, 0.25) is 0 Å². The van der Waals surface area contributed by atoms with Crippen LogP contribution in [0, 0.1) is 11.3 Å². The lowest BCUT2D eigenvalue weighted by molar-refractivity contribution is -0.131. The molecule has 0 aromatic heterocycles. The molecule has 1 N–H and O–H groups in total. The fourth-order valence-electron chi connectivity index (χ4n) is 2.31. The molecular formula is C14H17N3O. The molecule has 1 heterocycles. The minimum Gasteiger partial charge on any atom is -0.344 e. The van der Waals surface area contributed by atoms with Crippen LogP contribution in [0.1, 0.15) is 23.5 Å². The Bertz CT molecular complexity index is 478. The van der Waals surface area contributed by atoms with Crippen LogP contribution in [-0.4, -0.2) is 30.9 Å². The molecule has 0 radical (unpaired) electrons. The van der Waals surface area contributed by atoms with Crippen molar-refractivity contribution in [2.75, 3.05) is 20.1 Å². The molecule has 2 rings (SSSR count). The van der Waals surface area contributed by atoms with Gasteiger partial charge in [-0.05, 0) is 11.1 Å². The Morgan fingerprint density at radius 1 is 1.56 bits per heavy atom. The van der Waals surface area contributed by atoms with Gasteiger partial charge in [-0.15, -0.1) is 0 Å². The maximum atomic E-state index is 12.3. The molecular weight excluding hydrogens is 226 g/mol. The number of nitrogens with one attached hydrogen (secondary N) is 1. The highest BCUT2D eigenvalue weighted by molar-refractivity contribution is 5.84. The van der Waals surface area contributed by atoms with Gasteiger partial charge in [0.25, 0.3) is 0 Å². The molecule has 0 aliphatic carbocycles. The van der Waals surface area contributed by atoms with Crippen LogP contribution in [0.25, 0.3) is 0 Å². The molecule has 1 atom stereocenters. The largest absolute Gasteiger partial charge is 0.344 e. The number of nitriles is 1. The summed E-state index contributed by atoms with van der Waals surface area (Å²) >= 11 is 0. The second kappa shape index (κ2) is 5.65. The van der Waals surface area contributed by atoms with Gasteiger partial charge in [-0.1, -0.05) is 24.3 Å². The summed E-state index contributed by atoms with van der Waals surface area (Å²) in [6, 6.07) is 10.1. The molecule has 0 bridgehead atoms. The van der Waals surface area contributed by atoms with Crippen LogP contribution in [0.4, 0.5) is 0 Å². The van der Waals surface area contributed by atoms with E-state index in [0.717, 1.165) is 12.1 Å². The first kappa shape index (κ1) is 12.6. The van der Waals surface area contributed by atoms with Crippen LogP contribution in [0.3, 0.4) is 0 Å². The summed E-state index contributed by atoms with van der Waals surface area (Å²) in [5, 5.41) is 11.8. The van der Waals surface area contributed by atoms with Crippen molar-refractivity contribution in [1.29, 1.82) is 5.26 Å². The summed E-state index contributed by atoms with van der Waals surface area (Å²) in [4.78, 5) is 14.0. The molecule has 1 aromatic carbocycles. The molecule has 0 saturated heterocycles. The van der Waals surface area contributed by atoms with Gasteiger partial charge in [0.2, 0.25) is 5.91 Å². The smallest absolute Gasteiger partial charge is 0.231 e. The number of nitrogens with zero attached hydrogens (tertiary/aromatic N) is 2. The van der Waals surface area contributed by atoms with Crippen molar-refractivity contribution in [3.8, 4) is 6.07 Å². The maximum absolute atomic E-state index is 12.3. The highest BCUT2D eigenvalue weighted by Gasteiger charge is 2.27. The Morgan fingerprint density at radius 2 is 2.33 bits per heavy atom. The number of hydrogen-bond acceptors (Lipinski definition) is 3. The zero-order chi connectivity index (χ0) is 13.0. The molecule has 1 amide bonds. The lowest BCUT2D eigenvalue weighted by atomic mass is 9.90. The molecule has 1 unspecified atom stereocenters. The van der Waals surface area contributed by atoms with Gasteiger partial charge in [0, 0.05) is 26.7 Å². The molecule has 4 nitrogen and oxygen atoms in total. The Balaban J connectivity index is 2.15. The van der Waals surface area contributed by atoms with Gasteiger partial charge in [-0.2, -0.15) is 5.26 Å². The van der Waals surface area contributed by atoms with E-state index < -0.39 is 0 Å². The number of amides is 1. The van der Waals surface area contributed by atoms with Gasteiger partial charge in [0.1, 0.15) is 0 Å². The monoisotopic (exact) mass is 243 g/mol. The molecule has 0 saturated carbocycles. The Labute approximate surface area is 107 Å². The van der Waals surface area contributed by atoms with Crippen molar-refractivity contribution in [1.82, 2.24) is 10.2 Å². The van der Waals surface area contributed by atoms with Crippen molar-refractivity contribution in [2.24, 2.45) is 0 Å². The highest BCUT2D eigenvalue weighted by Crippen LogP contribution is 2.25. The van der Waals surface area contributed by atoms with Crippen molar-refractivity contribution < 1.29 is 4.79 Å². The summed E-state index contributed by atoms with van der Waals surface area (Å²) in [6.07, 6.45) is 0.379. The average Bonchev–Trinajstić information content (AvgIpc) is 2.43. The summed E-state index contributed by atoms with van der Waals surface area (Å²) in [5.74, 6) is -0.0384. The minimum absolute atomic E-state index is 0.0879. The number of benzene rings is 1. The minimum atomic E-state index is -0.126. The predicted octanol–water partition coefficient (Wildman–Crippen LogP) is 1.25. The van der Waals surface area contributed by atoms with E-state index in [1.54, 1.807) is 11.9 Å². The second-order valence-electron chi connectivity index (χ2n) is 4.55. The van der Waals surface area contributed by atoms with Gasteiger partial charge in [-0.3, -0.25) is 4.79 Å². The molecule has 1 aromatic rings. The molecule has 18 heavy (non-hydrogen) atoms. The van der Waals surface area contributed by atoms with E-state index in [4.69, 9.17) is 5.26 Å². The van der Waals surface area contributed by atoms with Crippen LogP contribution < -0.4 is 5.32 Å². The zero-order valence-electron chi connectivity index (χ0n) is 10.5. The first-order valence-electron chi connectivity index (χ1n) is 6.14. The van der Waals surface area contributed by atoms with Gasteiger partial charge in [-0.25, -0.2) is 0 Å². The SMILES string of the molecule is CN(CCC#N)C(=O)C1CNCc2ccccc21. The zero-order valence-corrected chi connectivity index (χ0v) is 10.5. The normalized spacial score (nSPS) is 17.7. The quantitative estimate of drug-likeness (QED) is 0.869. The summed E-state index contributed by atoms with van der Waals surface area (Å²) in [5.41, 5.74) is 2.31. The van der Waals surface area contributed by atoms with Crippen LogP contribution in [0.5, 0.6) is 0 Å². The van der Waals surface area contributed by atoms with Crippen LogP contribution >= 0.6 is 0 Å². The second-order valence-corrected chi connectivity index (χ2v) is 4.55. The number of fused-ring (bicyclic) bond motifs is 1. The van der Waals surface area contributed by atoms with E-state index in [1.807, 2.05) is 18.2 Å². The lowest BCUT2D eigenvalue weighted by Crippen LogP contribution is -2.40. The molecule has 94 valence electrons. The third kappa shape index (κ3) is 2.52. The van der Waals surface area contributed by atoms with Crippen LogP contribution in [0.15, 0.2) is 24.3 Å².